The van der Waals surface area contributed by atoms with Gasteiger partial charge in [-0.3, -0.25) is 76.9 Å². The minimum Gasteiger partial charge on any atom is -0.481 e. The average Bonchev–Trinajstić information content (AvgIpc) is 1.60. The second kappa shape index (κ2) is 47.6. The number of hydrogen-bond donors (Lipinski definition) is 22. The Bertz CT molecular complexity index is 3090. The van der Waals surface area contributed by atoms with Gasteiger partial charge in [-0.25, -0.2) is 9.59 Å². The number of aliphatic imine (C=N–C) groups is 1. The topological polar surface area (TPSA) is 692 Å². The number of carbonyl (C=O) groups is 17. The lowest BCUT2D eigenvalue weighted by atomic mass is 9.97. The number of hydrogen-bond acceptors (Lipinski definition) is 23. The van der Waals surface area contributed by atoms with Crippen LogP contribution in [0.5, 0.6) is 0 Å². The highest BCUT2D eigenvalue weighted by Crippen LogP contribution is 2.22. The molecule has 602 valence electrons. The van der Waals surface area contributed by atoms with E-state index < -0.39 is 255 Å². The third-order valence-electron chi connectivity index (χ3n) is 15.8. The van der Waals surface area contributed by atoms with Gasteiger partial charge in [0, 0.05) is 32.4 Å². The first-order valence-electron chi connectivity index (χ1n) is 33.3. The lowest BCUT2D eigenvalue weighted by Gasteiger charge is -2.32. The zero-order chi connectivity index (χ0) is 81.8. The SMILES string of the molecule is CC[C@H](C)[C@H](NC(=O)[C@@H](NC(=O)[C@@H]1CCCN1C(=O)[C@H](CCC(=O)O)NC(=O)[C@H](CC(C)C)NC(=O)[C@H](CCC(=O)O)NC(=O)[C@H](CCCN=C(N)N)NC(=O)[C@@H](NC(=O)[C@@H](NC(=O)[C@H](CCC(=O)O)NC(=O)[C@@H](N)CCSC)[C@@H](C)O)[C@@H](C)O)[C@@H](C)O)C(=O)N[C@@H](CC(N)=O)C(=O)O.O=C(O)C(F)(F)F. The van der Waals surface area contributed by atoms with E-state index in [0.717, 1.165) is 25.7 Å². The van der Waals surface area contributed by atoms with Crippen LogP contribution in [0.2, 0.25) is 0 Å². The van der Waals surface area contributed by atoms with E-state index in [9.17, 15) is 126 Å². The molecule has 0 radical (unpaired) electrons. The fourth-order valence-electron chi connectivity index (χ4n) is 9.88. The van der Waals surface area contributed by atoms with Crippen molar-refractivity contribution in [2.75, 3.05) is 25.1 Å². The van der Waals surface area contributed by atoms with Crippen molar-refractivity contribution >= 4 is 118 Å². The Balaban J connectivity index is 0.0000149. The summed E-state index contributed by atoms with van der Waals surface area (Å²) in [6.45, 7) is 9.26. The first kappa shape index (κ1) is 96.2. The van der Waals surface area contributed by atoms with Crippen LogP contribution in [-0.2, 0) is 81.5 Å². The molecule has 0 aliphatic carbocycles. The zero-order valence-electron chi connectivity index (χ0n) is 59.6. The number of aliphatic hydroxyl groups excluding tert-OH is 3. The number of rotatable bonds is 47. The predicted molar refractivity (Wildman–Crippen MR) is 365 cm³/mol. The van der Waals surface area contributed by atoms with E-state index in [2.05, 4.69) is 58.2 Å². The molecule has 106 heavy (non-hydrogen) atoms. The Morgan fingerprint density at radius 1 is 0.519 bits per heavy atom. The molecule has 1 fully saturated rings. The van der Waals surface area contributed by atoms with E-state index in [-0.39, 0.29) is 64.0 Å². The quantitative estimate of drug-likeness (QED) is 0.0153. The number of amides is 12. The summed E-state index contributed by atoms with van der Waals surface area (Å²) in [6, 6.07) is -20.2. The van der Waals surface area contributed by atoms with Crippen molar-refractivity contribution in [3.05, 3.63) is 0 Å². The molecule has 0 aromatic heterocycles. The van der Waals surface area contributed by atoms with Gasteiger partial charge in [-0.2, -0.15) is 24.9 Å². The number of carboxylic acids is 5. The molecule has 0 aromatic carbocycles. The number of aliphatic carboxylic acids is 5. The Hall–Kier alpha value is -9.76. The smallest absolute Gasteiger partial charge is 0.481 e. The molecule has 1 heterocycles. The summed E-state index contributed by atoms with van der Waals surface area (Å²) in [5.74, 6) is -23.1. The third kappa shape index (κ3) is 36.3. The van der Waals surface area contributed by atoms with Crippen molar-refractivity contribution in [2.45, 2.75) is 235 Å². The third-order valence-corrected chi connectivity index (χ3v) is 16.4. The number of nitrogens with zero attached hydrogens (tertiary/aromatic N) is 2. The normalized spacial score (nSPS) is 16.9. The van der Waals surface area contributed by atoms with Gasteiger partial charge < -0.3 is 122 Å². The van der Waals surface area contributed by atoms with E-state index in [1.54, 1.807) is 27.0 Å². The van der Waals surface area contributed by atoms with Crippen molar-refractivity contribution in [2.24, 2.45) is 39.8 Å². The summed E-state index contributed by atoms with van der Waals surface area (Å²) in [5.41, 5.74) is 22.0. The number of guanidine groups is 1. The second-order valence-electron chi connectivity index (χ2n) is 25.2. The summed E-state index contributed by atoms with van der Waals surface area (Å²) >= 11 is 1.38. The standard InChI is InChI=1S/C59H100N16O23S.C2HF3O2/c1-9-27(4)43(53(92)70-37(58(97)98)25-39(61)79)71-55(94)46(30(7)78)73-52(91)38-13-11-22-75(38)57(96)35(16-19-42(84)85)68-51(90)36(24-26(2)3)69-49(88)33(14-17-40(80)81)66-48(87)32(12-10-21-64-59(62)63)67-54(93)44(28(5)76)74-56(95)45(29(6)77)72-50(89)34(15-18-41(82)83)65-47(86)31(60)20-23-99-8;3-2(4,5)1(6)7/h26-38,43-46,76-78H,9-25,60H2,1-8H3,(H2,61,79)(H,65,86)(H,66,87)(H,67,93)(H,68,90)(H,69,88)(H,70,92)(H,71,94)(H,72,89)(H,73,91)(H,74,95)(H,80,81)(H,82,83)(H,84,85)(H,97,98)(H4,62,63,64);(H,6,7)/t27-,28+,29+,30+,31-,32-,33-,34-,35-,36-,37-,38-,43-,44-,45-,46-;/m0./s1. The molecule has 12 amide bonds. The molecule has 16 atom stereocenters. The molecule has 45 heteroatoms. The van der Waals surface area contributed by atoms with Crippen molar-refractivity contribution in [1.29, 1.82) is 0 Å². The molecule has 0 unspecified atom stereocenters. The van der Waals surface area contributed by atoms with Crippen LogP contribution in [-0.4, -0.2) is 275 Å². The van der Waals surface area contributed by atoms with Crippen LogP contribution in [0.4, 0.5) is 13.2 Å². The maximum Gasteiger partial charge on any atom is 0.490 e. The van der Waals surface area contributed by atoms with Gasteiger partial charge in [-0.05, 0) is 102 Å². The number of nitrogens with one attached hydrogen (secondary N) is 10. The average molecular weight is 1550 g/mol. The number of nitrogens with two attached hydrogens (primary N) is 4. The first-order valence-corrected chi connectivity index (χ1v) is 34.7. The minimum absolute atomic E-state index is 0.0707. The predicted octanol–water partition coefficient (Wildman–Crippen LogP) is -6.62. The number of halogens is 3. The Morgan fingerprint density at radius 2 is 0.896 bits per heavy atom. The molecule has 1 aliphatic heterocycles. The first-order chi connectivity index (χ1) is 49.1. The Morgan fingerprint density at radius 3 is 1.32 bits per heavy atom. The van der Waals surface area contributed by atoms with E-state index >= 15 is 0 Å². The molecule has 0 aromatic rings. The maximum absolute atomic E-state index is 14.5. The fraction of sp³-hybridized carbons (Fsp3) is 0.705. The van der Waals surface area contributed by atoms with Crippen LogP contribution in [0.1, 0.15) is 138 Å². The molecular weight excluding hydrogens is 1450 g/mol. The maximum atomic E-state index is 14.5. The molecular formula is C61H101F3N16O25S. The number of thioether (sulfide) groups is 1. The number of carbonyl (C=O) groups excluding carboxylic acids is 12. The zero-order valence-corrected chi connectivity index (χ0v) is 60.4. The Labute approximate surface area is 610 Å². The summed E-state index contributed by atoms with van der Waals surface area (Å²) in [5, 5.41) is 101. The van der Waals surface area contributed by atoms with Crippen molar-refractivity contribution in [3.8, 4) is 0 Å². The molecule has 0 saturated carbocycles. The van der Waals surface area contributed by atoms with Gasteiger partial charge in [-0.1, -0.05) is 34.1 Å². The summed E-state index contributed by atoms with van der Waals surface area (Å²) in [7, 11) is 0. The molecule has 1 saturated heterocycles. The number of likely N-dealkylation sites (tertiary alicyclic amines) is 1. The van der Waals surface area contributed by atoms with Crippen molar-refractivity contribution in [1.82, 2.24) is 58.1 Å². The number of carboxylic acid groups (broad SMARTS) is 5. The lowest BCUT2D eigenvalue weighted by Crippen LogP contribution is -2.63. The van der Waals surface area contributed by atoms with Crippen molar-refractivity contribution < 1.29 is 136 Å². The molecule has 1 aliphatic rings. The number of aliphatic hydroxyl groups is 3. The van der Waals surface area contributed by atoms with Gasteiger partial charge in [0.15, 0.2) is 5.96 Å². The van der Waals surface area contributed by atoms with Gasteiger partial charge in [0.1, 0.15) is 66.5 Å². The van der Waals surface area contributed by atoms with Gasteiger partial charge in [0.05, 0.1) is 30.8 Å². The van der Waals surface area contributed by atoms with Gasteiger partial charge in [0.2, 0.25) is 70.9 Å². The van der Waals surface area contributed by atoms with E-state index in [4.69, 9.17) is 32.8 Å². The van der Waals surface area contributed by atoms with E-state index in [1.807, 2.05) is 0 Å². The molecule has 26 N–H and O–H groups in total. The molecule has 0 spiro atoms. The molecule has 0 bridgehead atoms. The highest BCUT2D eigenvalue weighted by Gasteiger charge is 2.43. The monoisotopic (exact) mass is 1550 g/mol. The Kier molecular flexibility index (Phi) is 43.3. The van der Waals surface area contributed by atoms with Gasteiger partial charge >= 0.3 is 36.0 Å². The molecule has 41 nitrogen and oxygen atoms in total. The highest BCUT2D eigenvalue weighted by molar-refractivity contribution is 7.98. The van der Waals surface area contributed by atoms with Crippen LogP contribution in [0.15, 0.2) is 4.99 Å². The molecule has 1 rings (SSSR count). The summed E-state index contributed by atoms with van der Waals surface area (Å²) in [6.07, 6.45) is -13.6. The summed E-state index contributed by atoms with van der Waals surface area (Å²) in [4.78, 5) is 226. The van der Waals surface area contributed by atoms with E-state index in [1.165, 1.54) is 18.7 Å². The van der Waals surface area contributed by atoms with Crippen LogP contribution in [0, 0.1) is 11.8 Å². The number of alkyl halides is 3. The lowest BCUT2D eigenvalue weighted by molar-refractivity contribution is -0.192. The van der Waals surface area contributed by atoms with Gasteiger partial charge in [0.25, 0.3) is 0 Å². The van der Waals surface area contributed by atoms with Crippen molar-refractivity contribution in [3.63, 3.8) is 0 Å². The van der Waals surface area contributed by atoms with Crippen LogP contribution >= 0.6 is 11.8 Å². The number of primary amides is 1. The van der Waals surface area contributed by atoms with Gasteiger partial charge in [-0.15, -0.1) is 0 Å². The van der Waals surface area contributed by atoms with Crippen LogP contribution in [0.25, 0.3) is 0 Å². The second-order valence-corrected chi connectivity index (χ2v) is 26.2. The highest BCUT2D eigenvalue weighted by atomic mass is 32.2. The van der Waals surface area contributed by atoms with Crippen LogP contribution < -0.4 is 76.1 Å². The van der Waals surface area contributed by atoms with E-state index in [0.29, 0.717) is 5.75 Å². The fourth-order valence-corrected chi connectivity index (χ4v) is 10.4. The minimum atomic E-state index is -5.08. The van der Waals surface area contributed by atoms with Crippen LogP contribution in [0.3, 0.4) is 0 Å². The summed E-state index contributed by atoms with van der Waals surface area (Å²) < 4.78 is 31.7. The largest absolute Gasteiger partial charge is 0.490 e.